The van der Waals surface area contributed by atoms with Gasteiger partial charge in [0, 0.05) is 6.07 Å². The van der Waals surface area contributed by atoms with Crippen molar-refractivity contribution in [3.8, 4) is 11.5 Å². The zero-order chi connectivity index (χ0) is 20.5. The summed E-state index contributed by atoms with van der Waals surface area (Å²) in [5.74, 6) is 0.697. The molecular formula is C23H22O6. The number of carbonyl (C=O) groups excluding carboxylic acids is 1. The molecule has 0 aliphatic rings. The minimum absolute atomic E-state index is 0.110. The van der Waals surface area contributed by atoms with Crippen LogP contribution in [0.4, 0.5) is 0 Å². The molecule has 0 aliphatic heterocycles. The number of ether oxygens (including phenoxy) is 3. The molecule has 6 heteroatoms. The topological polar surface area (TPSA) is 75.0 Å². The van der Waals surface area contributed by atoms with Crippen molar-refractivity contribution < 1.29 is 23.4 Å². The fourth-order valence-electron chi connectivity index (χ4n) is 2.59. The van der Waals surface area contributed by atoms with Crippen molar-refractivity contribution in [3.05, 3.63) is 94.0 Å². The van der Waals surface area contributed by atoms with Gasteiger partial charge >= 0.3 is 5.97 Å². The number of carbonyl (C=O) groups is 1. The van der Waals surface area contributed by atoms with Crippen molar-refractivity contribution >= 4 is 5.97 Å². The van der Waals surface area contributed by atoms with Crippen LogP contribution < -0.4 is 14.9 Å². The van der Waals surface area contributed by atoms with E-state index in [1.54, 1.807) is 12.1 Å². The molecule has 3 rings (SSSR count). The normalized spacial score (nSPS) is 10.4. The van der Waals surface area contributed by atoms with Crippen molar-refractivity contribution in [1.29, 1.82) is 0 Å². The minimum Gasteiger partial charge on any atom is -0.494 e. The molecule has 0 atom stereocenters. The summed E-state index contributed by atoms with van der Waals surface area (Å²) >= 11 is 0. The largest absolute Gasteiger partial charge is 0.494 e. The highest BCUT2D eigenvalue weighted by atomic mass is 16.5. The molecule has 2 aromatic carbocycles. The zero-order valence-electron chi connectivity index (χ0n) is 16.1. The molecular weight excluding hydrogens is 372 g/mol. The van der Waals surface area contributed by atoms with E-state index in [9.17, 15) is 9.59 Å². The van der Waals surface area contributed by atoms with E-state index in [-0.39, 0.29) is 36.6 Å². The van der Waals surface area contributed by atoms with Gasteiger partial charge < -0.3 is 18.6 Å². The Labute approximate surface area is 168 Å². The first-order valence-corrected chi connectivity index (χ1v) is 9.30. The monoisotopic (exact) mass is 394 g/mol. The van der Waals surface area contributed by atoms with Gasteiger partial charge in [-0.3, -0.25) is 9.59 Å². The lowest BCUT2D eigenvalue weighted by atomic mass is 10.1. The summed E-state index contributed by atoms with van der Waals surface area (Å²) in [4.78, 5) is 24.2. The Morgan fingerprint density at radius 1 is 0.931 bits per heavy atom. The molecule has 29 heavy (non-hydrogen) atoms. The Balaban J connectivity index is 1.49. The summed E-state index contributed by atoms with van der Waals surface area (Å²) in [7, 11) is 0. The minimum atomic E-state index is -0.416. The fraction of sp³-hybridized carbons (Fsp3) is 0.217. The highest BCUT2D eigenvalue weighted by Crippen LogP contribution is 2.14. The van der Waals surface area contributed by atoms with Crippen molar-refractivity contribution in [2.45, 2.75) is 26.6 Å². The van der Waals surface area contributed by atoms with E-state index in [4.69, 9.17) is 18.6 Å². The van der Waals surface area contributed by atoms with Crippen molar-refractivity contribution in [1.82, 2.24) is 0 Å². The molecule has 0 saturated heterocycles. The van der Waals surface area contributed by atoms with Gasteiger partial charge in [0.2, 0.25) is 11.2 Å². The van der Waals surface area contributed by atoms with E-state index in [1.807, 2.05) is 49.4 Å². The average Bonchev–Trinajstić information content (AvgIpc) is 2.74. The lowest BCUT2D eigenvalue weighted by molar-refractivity contribution is -0.144. The third-order valence-electron chi connectivity index (χ3n) is 4.05. The fourth-order valence-corrected chi connectivity index (χ4v) is 2.59. The summed E-state index contributed by atoms with van der Waals surface area (Å²) in [5.41, 5.74) is 1.42. The summed E-state index contributed by atoms with van der Waals surface area (Å²) < 4.78 is 21.4. The Kier molecular flexibility index (Phi) is 7.05. The molecule has 0 bridgehead atoms. The second kappa shape index (κ2) is 10.1. The van der Waals surface area contributed by atoms with Gasteiger partial charge in [-0.25, -0.2) is 0 Å². The van der Waals surface area contributed by atoms with Crippen LogP contribution in [-0.2, 0) is 29.2 Å². The maximum atomic E-state index is 12.1. The first kappa shape index (κ1) is 20.2. The predicted octanol–water partition coefficient (Wildman–Crippen LogP) is 3.90. The second-order valence-electron chi connectivity index (χ2n) is 6.26. The van der Waals surface area contributed by atoms with Gasteiger partial charge in [-0.2, -0.15) is 0 Å². The van der Waals surface area contributed by atoms with Gasteiger partial charge in [0.25, 0.3) is 0 Å². The van der Waals surface area contributed by atoms with E-state index in [0.717, 1.165) is 16.9 Å². The number of hydrogen-bond acceptors (Lipinski definition) is 6. The van der Waals surface area contributed by atoms with Crippen LogP contribution in [0.2, 0.25) is 0 Å². The van der Waals surface area contributed by atoms with Crippen LogP contribution in [0.5, 0.6) is 11.5 Å². The second-order valence-corrected chi connectivity index (χ2v) is 6.26. The molecule has 1 aromatic heterocycles. The summed E-state index contributed by atoms with van der Waals surface area (Å²) in [6.45, 7) is 2.64. The maximum absolute atomic E-state index is 12.1. The van der Waals surface area contributed by atoms with Crippen LogP contribution in [0.15, 0.2) is 76.1 Å². The first-order valence-electron chi connectivity index (χ1n) is 9.30. The van der Waals surface area contributed by atoms with E-state index < -0.39 is 5.97 Å². The summed E-state index contributed by atoms with van der Waals surface area (Å²) in [6, 6.07) is 18.0. The lowest BCUT2D eigenvalue weighted by Crippen LogP contribution is -2.11. The molecule has 0 radical (unpaired) electrons. The van der Waals surface area contributed by atoms with Crippen LogP contribution in [0.3, 0.4) is 0 Å². The maximum Gasteiger partial charge on any atom is 0.310 e. The van der Waals surface area contributed by atoms with Crippen molar-refractivity contribution in [3.63, 3.8) is 0 Å². The van der Waals surface area contributed by atoms with Crippen molar-refractivity contribution in [2.24, 2.45) is 0 Å². The van der Waals surface area contributed by atoms with Crippen LogP contribution in [0, 0.1) is 0 Å². The first-order chi connectivity index (χ1) is 14.1. The Morgan fingerprint density at radius 3 is 2.38 bits per heavy atom. The molecule has 6 nitrogen and oxygen atoms in total. The SMILES string of the molecule is CCOc1ccc(CC(=O)OCc2cc(=O)c(OCc3ccccc3)co2)cc1. The summed E-state index contributed by atoms with van der Waals surface area (Å²) in [6.07, 6.45) is 1.36. The Hall–Kier alpha value is -3.54. The smallest absolute Gasteiger partial charge is 0.310 e. The van der Waals surface area contributed by atoms with Crippen molar-refractivity contribution in [2.75, 3.05) is 6.61 Å². The third-order valence-corrected chi connectivity index (χ3v) is 4.05. The van der Waals surface area contributed by atoms with E-state index in [1.165, 1.54) is 12.3 Å². The van der Waals surface area contributed by atoms with E-state index in [0.29, 0.717) is 6.61 Å². The van der Waals surface area contributed by atoms with Gasteiger partial charge in [0.1, 0.15) is 31.0 Å². The standard InChI is InChI=1S/C23H22O6/c1-2-26-19-10-8-17(9-11-19)12-23(25)29-15-20-13-21(24)22(16-27-20)28-14-18-6-4-3-5-7-18/h3-11,13,16H,2,12,14-15H2,1H3. The molecule has 0 aliphatic carbocycles. The molecule has 0 fully saturated rings. The van der Waals surface area contributed by atoms with Gasteiger partial charge in [-0.1, -0.05) is 42.5 Å². The highest BCUT2D eigenvalue weighted by molar-refractivity contribution is 5.72. The third kappa shape index (κ3) is 6.24. The molecule has 0 N–H and O–H groups in total. The average molecular weight is 394 g/mol. The molecule has 150 valence electrons. The highest BCUT2D eigenvalue weighted by Gasteiger charge is 2.09. The molecule has 1 heterocycles. The van der Waals surface area contributed by atoms with Crippen LogP contribution in [0.25, 0.3) is 0 Å². The molecule has 0 saturated carbocycles. The Morgan fingerprint density at radius 2 is 1.69 bits per heavy atom. The predicted molar refractivity (Wildman–Crippen MR) is 107 cm³/mol. The molecule has 0 amide bonds. The van der Waals surface area contributed by atoms with Crippen LogP contribution in [0.1, 0.15) is 23.8 Å². The number of hydrogen-bond donors (Lipinski definition) is 0. The van der Waals surface area contributed by atoms with Crippen LogP contribution >= 0.6 is 0 Å². The van der Waals surface area contributed by atoms with E-state index >= 15 is 0 Å². The number of esters is 1. The molecule has 3 aromatic rings. The zero-order valence-corrected chi connectivity index (χ0v) is 16.1. The quantitative estimate of drug-likeness (QED) is 0.513. The number of benzene rings is 2. The molecule has 0 unspecified atom stereocenters. The Bertz CT molecular complexity index is 976. The van der Waals surface area contributed by atoms with Gasteiger partial charge in [0.05, 0.1) is 13.0 Å². The van der Waals surface area contributed by atoms with Gasteiger partial charge in [-0.15, -0.1) is 0 Å². The summed E-state index contributed by atoms with van der Waals surface area (Å²) in [5, 5.41) is 0. The molecule has 0 spiro atoms. The van der Waals surface area contributed by atoms with E-state index in [2.05, 4.69) is 0 Å². The van der Waals surface area contributed by atoms with Crippen LogP contribution in [-0.4, -0.2) is 12.6 Å². The number of rotatable bonds is 9. The lowest BCUT2D eigenvalue weighted by Gasteiger charge is -2.07. The van der Waals surface area contributed by atoms with Gasteiger partial charge in [-0.05, 0) is 30.2 Å². The van der Waals surface area contributed by atoms with Gasteiger partial charge in [0.15, 0.2) is 0 Å².